The van der Waals surface area contributed by atoms with Crippen molar-refractivity contribution >= 4 is 27.6 Å². The van der Waals surface area contributed by atoms with Crippen LogP contribution >= 0.6 is 0 Å². The second-order valence-corrected chi connectivity index (χ2v) is 8.63. The Kier molecular flexibility index (Phi) is 4.29. The monoisotopic (exact) mass is 426 g/mol. The molecule has 0 radical (unpaired) electrons. The normalized spacial score (nSPS) is 15.3. The van der Waals surface area contributed by atoms with Crippen molar-refractivity contribution in [2.75, 3.05) is 38.1 Å². The fourth-order valence-corrected chi connectivity index (χ4v) is 4.56. The number of nitrogens with zero attached hydrogens (tertiary/aromatic N) is 6. The first-order chi connectivity index (χ1) is 15.6. The van der Waals surface area contributed by atoms with E-state index in [4.69, 9.17) is 4.98 Å². The van der Waals surface area contributed by atoms with Crippen LogP contribution in [0.25, 0.3) is 44.7 Å². The van der Waals surface area contributed by atoms with E-state index in [-0.39, 0.29) is 0 Å². The first-order valence-electron chi connectivity index (χ1n) is 11.0. The van der Waals surface area contributed by atoms with Gasteiger partial charge < -0.3 is 19.4 Å². The van der Waals surface area contributed by atoms with Gasteiger partial charge in [-0.3, -0.25) is 5.10 Å². The third kappa shape index (κ3) is 2.98. The summed E-state index contributed by atoms with van der Waals surface area (Å²) in [5, 5.41) is 8.98. The molecule has 0 saturated carbocycles. The zero-order valence-corrected chi connectivity index (χ0v) is 18.6. The lowest BCUT2D eigenvalue weighted by molar-refractivity contribution is 0.313. The number of pyridine rings is 1. The molecular formula is C24H26N8. The highest BCUT2D eigenvalue weighted by atomic mass is 15.2. The standard InChI is InChI=1S/C24H26N8/c1-15-25-14-22(31(15)3)18-7-8-19-23(27-18)24(29-28-19)20-13-16-17(26-20)5-4-6-21(16)32-11-9-30(2)10-12-32/h4-8,13-14,26H,9-12H2,1-3H3,(H,28,29). The maximum Gasteiger partial charge on any atom is 0.135 e. The number of imidazole rings is 1. The summed E-state index contributed by atoms with van der Waals surface area (Å²) in [6, 6.07) is 12.7. The molecule has 8 heteroatoms. The largest absolute Gasteiger partial charge is 0.368 e. The number of aromatic nitrogens is 6. The molecule has 0 bridgehead atoms. The number of benzene rings is 1. The van der Waals surface area contributed by atoms with E-state index in [2.05, 4.69) is 65.8 Å². The maximum absolute atomic E-state index is 4.96. The molecule has 5 heterocycles. The van der Waals surface area contributed by atoms with Crippen LogP contribution in [0.4, 0.5) is 5.69 Å². The number of aromatic amines is 2. The van der Waals surface area contributed by atoms with Crippen LogP contribution in [-0.2, 0) is 7.05 Å². The van der Waals surface area contributed by atoms with Crippen LogP contribution in [0.1, 0.15) is 5.82 Å². The molecule has 0 unspecified atom stereocenters. The van der Waals surface area contributed by atoms with Gasteiger partial charge in [0.25, 0.3) is 0 Å². The van der Waals surface area contributed by atoms with Crippen LogP contribution in [-0.4, -0.2) is 67.8 Å². The molecule has 0 amide bonds. The molecule has 0 spiro atoms. The predicted octanol–water partition coefficient (Wildman–Crippen LogP) is 3.57. The van der Waals surface area contributed by atoms with E-state index in [1.807, 2.05) is 32.3 Å². The van der Waals surface area contributed by atoms with Crippen molar-refractivity contribution < 1.29 is 0 Å². The Bertz CT molecular complexity index is 1430. The number of fused-ring (bicyclic) bond motifs is 2. The summed E-state index contributed by atoms with van der Waals surface area (Å²) in [4.78, 5) is 17.8. The number of piperazine rings is 1. The number of H-pyrrole nitrogens is 2. The van der Waals surface area contributed by atoms with E-state index in [0.29, 0.717) is 0 Å². The molecule has 1 aliphatic rings. The number of hydrogen-bond acceptors (Lipinski definition) is 5. The molecule has 0 atom stereocenters. The number of likely N-dealkylation sites (N-methyl/N-ethyl adjacent to an activating group) is 1. The Hall–Kier alpha value is -3.65. The van der Waals surface area contributed by atoms with Crippen LogP contribution < -0.4 is 4.90 Å². The van der Waals surface area contributed by atoms with Crippen LogP contribution in [0.2, 0.25) is 0 Å². The number of rotatable bonds is 3. The smallest absolute Gasteiger partial charge is 0.135 e. The van der Waals surface area contributed by atoms with E-state index >= 15 is 0 Å². The molecule has 4 aromatic heterocycles. The van der Waals surface area contributed by atoms with Gasteiger partial charge in [0.2, 0.25) is 0 Å². The minimum atomic E-state index is 0.835. The molecule has 8 nitrogen and oxygen atoms in total. The molecule has 0 aliphatic carbocycles. The van der Waals surface area contributed by atoms with Crippen molar-refractivity contribution in [3.05, 3.63) is 48.4 Å². The zero-order valence-electron chi connectivity index (χ0n) is 18.6. The quantitative estimate of drug-likeness (QED) is 0.461. The Morgan fingerprint density at radius 1 is 0.969 bits per heavy atom. The third-order valence-corrected chi connectivity index (χ3v) is 6.63. The molecule has 32 heavy (non-hydrogen) atoms. The van der Waals surface area contributed by atoms with E-state index < -0.39 is 0 Å². The first kappa shape index (κ1) is 19.1. The molecule has 1 aromatic carbocycles. The SMILES string of the molecule is Cc1ncc(-c2ccc3[nH]nc(-c4cc5c(N6CCN(C)CC6)cccc5[nH]4)c3n2)n1C. The van der Waals surface area contributed by atoms with Crippen molar-refractivity contribution in [3.8, 4) is 22.8 Å². The number of anilines is 1. The summed E-state index contributed by atoms with van der Waals surface area (Å²) in [5.74, 6) is 0.960. The van der Waals surface area contributed by atoms with Crippen molar-refractivity contribution in [2.45, 2.75) is 6.92 Å². The van der Waals surface area contributed by atoms with Gasteiger partial charge in [-0.1, -0.05) is 6.07 Å². The Morgan fingerprint density at radius 2 is 1.81 bits per heavy atom. The minimum Gasteiger partial charge on any atom is -0.368 e. The summed E-state index contributed by atoms with van der Waals surface area (Å²) in [7, 11) is 4.19. The minimum absolute atomic E-state index is 0.835. The number of nitrogens with one attached hydrogen (secondary N) is 2. The second-order valence-electron chi connectivity index (χ2n) is 8.63. The molecular weight excluding hydrogens is 400 g/mol. The lowest BCUT2D eigenvalue weighted by Gasteiger charge is -2.34. The number of aryl methyl sites for hydroxylation is 1. The van der Waals surface area contributed by atoms with Crippen LogP contribution in [0.5, 0.6) is 0 Å². The van der Waals surface area contributed by atoms with E-state index in [9.17, 15) is 0 Å². The van der Waals surface area contributed by atoms with Gasteiger partial charge in [0.05, 0.1) is 28.8 Å². The summed E-state index contributed by atoms with van der Waals surface area (Å²) in [6.07, 6.45) is 1.87. The van der Waals surface area contributed by atoms with Crippen molar-refractivity contribution in [3.63, 3.8) is 0 Å². The van der Waals surface area contributed by atoms with Crippen molar-refractivity contribution in [2.24, 2.45) is 7.05 Å². The van der Waals surface area contributed by atoms with E-state index in [0.717, 1.165) is 71.3 Å². The second kappa shape index (κ2) is 7.20. The average molecular weight is 427 g/mol. The van der Waals surface area contributed by atoms with Crippen LogP contribution in [0, 0.1) is 6.92 Å². The highest BCUT2D eigenvalue weighted by molar-refractivity contribution is 5.99. The highest BCUT2D eigenvalue weighted by Crippen LogP contribution is 2.34. The fourth-order valence-electron chi connectivity index (χ4n) is 4.56. The topological polar surface area (TPSA) is 81.7 Å². The van der Waals surface area contributed by atoms with Crippen LogP contribution in [0.3, 0.4) is 0 Å². The predicted molar refractivity (Wildman–Crippen MR) is 128 cm³/mol. The van der Waals surface area contributed by atoms with Gasteiger partial charge in [0.15, 0.2) is 0 Å². The Balaban J connectivity index is 1.45. The van der Waals surface area contributed by atoms with Gasteiger partial charge in [0, 0.05) is 49.8 Å². The van der Waals surface area contributed by atoms with Crippen molar-refractivity contribution in [1.82, 2.24) is 34.6 Å². The van der Waals surface area contributed by atoms with E-state index in [1.54, 1.807) is 0 Å². The van der Waals surface area contributed by atoms with Gasteiger partial charge in [-0.15, -0.1) is 0 Å². The lowest BCUT2D eigenvalue weighted by atomic mass is 10.1. The van der Waals surface area contributed by atoms with Gasteiger partial charge in [-0.25, -0.2) is 9.97 Å². The lowest BCUT2D eigenvalue weighted by Crippen LogP contribution is -2.44. The summed E-state index contributed by atoms with van der Waals surface area (Å²) < 4.78 is 2.05. The molecule has 1 aliphatic heterocycles. The zero-order chi connectivity index (χ0) is 21.8. The number of hydrogen-bond donors (Lipinski definition) is 2. The molecule has 2 N–H and O–H groups in total. The van der Waals surface area contributed by atoms with Gasteiger partial charge in [-0.2, -0.15) is 5.10 Å². The van der Waals surface area contributed by atoms with Gasteiger partial charge in [-0.05, 0) is 44.3 Å². The summed E-state index contributed by atoms with van der Waals surface area (Å²) >= 11 is 0. The Morgan fingerprint density at radius 3 is 2.59 bits per heavy atom. The molecule has 1 fully saturated rings. The fraction of sp³-hybridized carbons (Fsp3) is 0.292. The average Bonchev–Trinajstić information content (AvgIpc) is 3.50. The van der Waals surface area contributed by atoms with Crippen molar-refractivity contribution in [1.29, 1.82) is 0 Å². The Labute approximate surface area is 185 Å². The molecule has 1 saturated heterocycles. The molecule has 6 rings (SSSR count). The van der Waals surface area contributed by atoms with E-state index in [1.165, 1.54) is 11.1 Å². The van der Waals surface area contributed by atoms with Gasteiger partial charge in [0.1, 0.15) is 17.0 Å². The summed E-state index contributed by atoms with van der Waals surface area (Å²) in [6.45, 7) is 6.23. The first-order valence-corrected chi connectivity index (χ1v) is 11.0. The molecule has 5 aromatic rings. The van der Waals surface area contributed by atoms with Crippen LogP contribution in [0.15, 0.2) is 42.6 Å². The maximum atomic E-state index is 4.96. The highest BCUT2D eigenvalue weighted by Gasteiger charge is 2.19. The van der Waals surface area contributed by atoms with Gasteiger partial charge >= 0.3 is 0 Å². The molecule has 162 valence electrons. The summed E-state index contributed by atoms with van der Waals surface area (Å²) in [5.41, 5.74) is 7.85. The third-order valence-electron chi connectivity index (χ3n) is 6.63.